The van der Waals surface area contributed by atoms with E-state index >= 15 is 0 Å². The van der Waals surface area contributed by atoms with E-state index in [4.69, 9.17) is 4.55 Å². The van der Waals surface area contributed by atoms with E-state index in [2.05, 4.69) is 0 Å². The SMILES string of the molecule is OSC(F)(F)C(F)(F)C(F)(F)C(F)(F)C(F)(F)C(F)(F)C(F)(F)C(F)(F)F. The van der Waals surface area contributed by atoms with Crippen LogP contribution in [0.15, 0.2) is 0 Å². The molecule has 0 aliphatic heterocycles. The lowest BCUT2D eigenvalue weighted by atomic mass is 9.91. The molecule has 1 nitrogen and oxygen atoms in total. The third-order valence-electron chi connectivity index (χ3n) is 2.81. The summed E-state index contributed by atoms with van der Waals surface area (Å²) in [6.07, 6.45) is -7.78. The van der Waals surface area contributed by atoms with Gasteiger partial charge < -0.3 is 4.55 Å². The third kappa shape index (κ3) is 3.17. The van der Waals surface area contributed by atoms with Crippen LogP contribution in [0.3, 0.4) is 0 Å². The molecule has 27 heavy (non-hydrogen) atoms. The van der Waals surface area contributed by atoms with Crippen molar-refractivity contribution in [2.45, 2.75) is 47.0 Å². The zero-order valence-corrected chi connectivity index (χ0v) is 12.1. The van der Waals surface area contributed by atoms with Crippen molar-refractivity contribution >= 4 is 12.0 Å². The van der Waals surface area contributed by atoms with Crippen LogP contribution in [-0.4, -0.2) is 51.5 Å². The van der Waals surface area contributed by atoms with Crippen LogP contribution in [0.1, 0.15) is 0 Å². The minimum atomic E-state index is -8.65. The van der Waals surface area contributed by atoms with Crippen LogP contribution in [0.5, 0.6) is 0 Å². The quantitative estimate of drug-likeness (QED) is 0.357. The second kappa shape index (κ2) is 6.31. The third-order valence-corrected chi connectivity index (χ3v) is 3.29. The zero-order chi connectivity index (χ0) is 22.7. The van der Waals surface area contributed by atoms with Gasteiger partial charge in [0.15, 0.2) is 0 Å². The fraction of sp³-hybridized carbons (Fsp3) is 1.00. The summed E-state index contributed by atoms with van der Waals surface area (Å²) < 4.78 is 221. The molecule has 0 fully saturated rings. The number of alkyl halides is 17. The van der Waals surface area contributed by atoms with Crippen molar-refractivity contribution in [1.82, 2.24) is 0 Å². The lowest BCUT2D eigenvalue weighted by molar-refractivity contribution is -0.458. The first kappa shape index (κ1) is 26.1. The molecule has 0 bridgehead atoms. The maximum Gasteiger partial charge on any atom is 0.460 e. The normalized spacial score (nSPS) is 16.7. The molecule has 0 rings (SSSR count). The minimum Gasteiger partial charge on any atom is -0.325 e. The van der Waals surface area contributed by atoms with E-state index in [9.17, 15) is 74.6 Å². The molecule has 0 aromatic carbocycles. The van der Waals surface area contributed by atoms with E-state index in [-0.39, 0.29) is 0 Å². The Morgan fingerprint density at radius 1 is 0.370 bits per heavy atom. The maximum absolute atomic E-state index is 13.0. The van der Waals surface area contributed by atoms with Crippen LogP contribution < -0.4 is 0 Å². The minimum absolute atomic E-state index is 2.65. The first-order valence-electron chi connectivity index (χ1n) is 5.35. The molecular formula is C8HF17OS. The van der Waals surface area contributed by atoms with Gasteiger partial charge in [-0.3, -0.25) is 0 Å². The molecule has 0 aliphatic carbocycles. The summed E-state index contributed by atoms with van der Waals surface area (Å²) in [5.41, 5.74) is 0. The lowest BCUT2D eigenvalue weighted by Gasteiger charge is -2.42. The molecular weight excluding hydrogens is 467 g/mol. The molecule has 0 atom stereocenters. The Labute approximate surface area is 139 Å². The Morgan fingerprint density at radius 3 is 0.815 bits per heavy atom. The summed E-state index contributed by atoms with van der Waals surface area (Å²) in [6.45, 7) is 0. The van der Waals surface area contributed by atoms with Crippen LogP contribution in [-0.2, 0) is 0 Å². The zero-order valence-electron chi connectivity index (χ0n) is 11.3. The molecule has 0 amide bonds. The average molecular weight is 468 g/mol. The van der Waals surface area contributed by atoms with E-state index in [0.717, 1.165) is 0 Å². The molecule has 1 N–H and O–H groups in total. The second-order valence-corrected chi connectivity index (χ2v) is 5.25. The molecule has 0 heterocycles. The Balaban J connectivity index is 6.65. The van der Waals surface area contributed by atoms with E-state index < -0.39 is 59.0 Å². The van der Waals surface area contributed by atoms with Crippen molar-refractivity contribution in [2.75, 3.05) is 0 Å². The molecule has 0 radical (unpaired) electrons. The predicted octanol–water partition coefficient (Wildman–Crippen LogP) is 6.16. The first-order valence-corrected chi connectivity index (χ1v) is 6.12. The molecule has 0 spiro atoms. The van der Waals surface area contributed by atoms with Gasteiger partial charge >= 0.3 is 47.0 Å². The Kier molecular flexibility index (Phi) is 6.11. The summed E-state index contributed by atoms with van der Waals surface area (Å²) in [4.78, 5) is 0. The topological polar surface area (TPSA) is 20.2 Å². The summed E-state index contributed by atoms with van der Waals surface area (Å²) in [6, 6.07) is 0. The van der Waals surface area contributed by atoms with Crippen LogP contribution >= 0.6 is 12.0 Å². The van der Waals surface area contributed by atoms with Gasteiger partial charge in [-0.15, -0.1) is 0 Å². The summed E-state index contributed by atoms with van der Waals surface area (Å²) in [5.74, 6) is -50.2. The van der Waals surface area contributed by atoms with Gasteiger partial charge in [0.25, 0.3) is 0 Å². The first-order chi connectivity index (χ1) is 11.3. The highest BCUT2D eigenvalue weighted by atomic mass is 32.2. The maximum atomic E-state index is 13.0. The van der Waals surface area contributed by atoms with Crippen LogP contribution in [0.4, 0.5) is 74.6 Å². The van der Waals surface area contributed by atoms with Gasteiger partial charge in [0.2, 0.25) is 0 Å². The van der Waals surface area contributed by atoms with Gasteiger partial charge in [-0.1, -0.05) is 0 Å². The van der Waals surface area contributed by atoms with Gasteiger partial charge in [-0.2, -0.15) is 74.6 Å². The summed E-state index contributed by atoms with van der Waals surface area (Å²) >= 11 is -2.65. The van der Waals surface area contributed by atoms with Crippen molar-refractivity contribution < 1.29 is 79.2 Å². The van der Waals surface area contributed by atoms with Gasteiger partial charge in [0.1, 0.15) is 0 Å². The highest BCUT2D eigenvalue weighted by molar-refractivity contribution is 7.94. The van der Waals surface area contributed by atoms with Gasteiger partial charge in [0.05, 0.1) is 12.0 Å². The van der Waals surface area contributed by atoms with Crippen LogP contribution in [0, 0.1) is 0 Å². The van der Waals surface area contributed by atoms with Crippen molar-refractivity contribution in [2.24, 2.45) is 0 Å². The largest absolute Gasteiger partial charge is 0.460 e. The molecule has 0 aliphatic rings. The Hall–Kier alpha value is -0.880. The molecule has 0 saturated heterocycles. The van der Waals surface area contributed by atoms with Gasteiger partial charge in [-0.05, 0) is 0 Å². The van der Waals surface area contributed by atoms with E-state index in [1.165, 1.54) is 0 Å². The highest BCUT2D eigenvalue weighted by Crippen LogP contribution is 2.64. The molecule has 19 heteroatoms. The van der Waals surface area contributed by atoms with Crippen molar-refractivity contribution in [3.8, 4) is 0 Å². The summed E-state index contributed by atoms with van der Waals surface area (Å²) in [7, 11) is 0. The molecule has 0 unspecified atom stereocenters. The Bertz CT molecular complexity index is 548. The smallest absolute Gasteiger partial charge is 0.325 e. The van der Waals surface area contributed by atoms with Gasteiger partial charge in [-0.25, -0.2) is 0 Å². The second-order valence-electron chi connectivity index (χ2n) is 4.55. The average Bonchev–Trinajstić information content (AvgIpc) is 2.44. The van der Waals surface area contributed by atoms with Crippen molar-refractivity contribution in [1.29, 1.82) is 0 Å². The number of halogens is 17. The highest BCUT2D eigenvalue weighted by Gasteiger charge is 2.95. The van der Waals surface area contributed by atoms with Crippen LogP contribution in [0.2, 0.25) is 0 Å². The molecule has 0 aromatic rings. The summed E-state index contributed by atoms with van der Waals surface area (Å²) in [5, 5.41) is -6.79. The van der Waals surface area contributed by atoms with E-state index in [0.29, 0.717) is 0 Å². The van der Waals surface area contributed by atoms with Crippen LogP contribution in [0.25, 0.3) is 0 Å². The fourth-order valence-corrected chi connectivity index (χ4v) is 1.45. The number of rotatable bonds is 7. The Morgan fingerprint density at radius 2 is 0.593 bits per heavy atom. The number of hydrogen-bond donors (Lipinski definition) is 1. The standard InChI is InChI=1S/C8HF17OS/c9-1(10,3(13,14)5(17,18)7(21,22)23)2(11,12)4(15,16)6(19,20)8(24,25)27-26/h26H. The molecule has 164 valence electrons. The monoisotopic (exact) mass is 468 g/mol. The fourth-order valence-electron chi connectivity index (χ4n) is 1.21. The van der Waals surface area contributed by atoms with Crippen molar-refractivity contribution in [3.05, 3.63) is 0 Å². The predicted molar refractivity (Wildman–Crippen MR) is 50.9 cm³/mol. The van der Waals surface area contributed by atoms with E-state index in [1.54, 1.807) is 0 Å². The van der Waals surface area contributed by atoms with E-state index in [1.807, 2.05) is 0 Å². The molecule has 0 aromatic heterocycles. The lowest BCUT2D eigenvalue weighted by Crippen LogP contribution is -2.74. The number of hydrogen-bond acceptors (Lipinski definition) is 2. The molecule has 0 saturated carbocycles. The van der Waals surface area contributed by atoms with Crippen molar-refractivity contribution in [3.63, 3.8) is 0 Å². The van der Waals surface area contributed by atoms with Gasteiger partial charge in [0, 0.05) is 0 Å².